The summed E-state index contributed by atoms with van der Waals surface area (Å²) in [6.45, 7) is 6.99. The number of hydrogen-bond donors (Lipinski definition) is 1. The van der Waals surface area contributed by atoms with E-state index in [1.165, 1.54) is 22.8 Å². The van der Waals surface area contributed by atoms with Crippen molar-refractivity contribution in [1.29, 1.82) is 0 Å². The van der Waals surface area contributed by atoms with E-state index in [9.17, 15) is 0 Å². The summed E-state index contributed by atoms with van der Waals surface area (Å²) in [5.41, 5.74) is 8.13. The third-order valence-corrected chi connectivity index (χ3v) is 4.61. The van der Waals surface area contributed by atoms with Gasteiger partial charge in [-0.15, -0.1) is 0 Å². The minimum atomic E-state index is -0.255. The van der Waals surface area contributed by atoms with Crippen molar-refractivity contribution in [2.75, 3.05) is 0 Å². The zero-order valence-corrected chi connectivity index (χ0v) is 12.7. The fourth-order valence-electron chi connectivity index (χ4n) is 4.35. The van der Waals surface area contributed by atoms with Crippen LogP contribution in [0.2, 0.25) is 0 Å². The number of pyridine rings is 1. The molecule has 0 spiro atoms. The second-order valence-corrected chi connectivity index (χ2v) is 7.42. The largest absolute Gasteiger partial charge is 0.321 e. The zero-order valence-electron chi connectivity index (χ0n) is 12.7. The molecule has 0 radical (unpaired) electrons. The van der Waals surface area contributed by atoms with Gasteiger partial charge in [0.2, 0.25) is 0 Å². The molecule has 0 bridgehead atoms. The lowest BCUT2D eigenvalue weighted by Crippen LogP contribution is -2.46. The summed E-state index contributed by atoms with van der Waals surface area (Å²) in [5, 5.41) is 2.45. The number of nitrogens with zero attached hydrogens (tertiary/aromatic N) is 1. The minimum absolute atomic E-state index is 0.255. The van der Waals surface area contributed by atoms with Gasteiger partial charge in [-0.3, -0.25) is 4.98 Å². The number of nitrogens with two attached hydrogens (primary N) is 1. The highest BCUT2D eigenvalue weighted by molar-refractivity contribution is 5.85. The maximum absolute atomic E-state index is 6.87. The van der Waals surface area contributed by atoms with Crippen molar-refractivity contribution in [2.24, 2.45) is 17.1 Å². The molecule has 0 amide bonds. The van der Waals surface area contributed by atoms with Crippen molar-refractivity contribution < 1.29 is 0 Å². The van der Waals surface area contributed by atoms with Crippen LogP contribution >= 0.6 is 0 Å². The highest BCUT2D eigenvalue weighted by Gasteiger charge is 2.42. The van der Waals surface area contributed by atoms with Gasteiger partial charge in [-0.2, -0.15) is 0 Å². The fourth-order valence-corrected chi connectivity index (χ4v) is 4.35. The Balaban J connectivity index is 2.14. The van der Waals surface area contributed by atoms with Crippen LogP contribution in [-0.2, 0) is 5.54 Å². The molecule has 3 rings (SSSR count). The van der Waals surface area contributed by atoms with Crippen LogP contribution in [0.4, 0.5) is 0 Å². The molecule has 1 saturated carbocycles. The Morgan fingerprint density at radius 3 is 2.65 bits per heavy atom. The molecule has 0 saturated heterocycles. The van der Waals surface area contributed by atoms with Gasteiger partial charge in [-0.05, 0) is 41.5 Å². The van der Waals surface area contributed by atoms with E-state index in [0.717, 1.165) is 12.8 Å². The van der Waals surface area contributed by atoms with Crippen LogP contribution in [0.15, 0.2) is 36.7 Å². The molecule has 1 aliphatic carbocycles. The summed E-state index contributed by atoms with van der Waals surface area (Å²) in [4.78, 5) is 4.43. The Bertz CT molecular complexity index is 627. The van der Waals surface area contributed by atoms with E-state index < -0.39 is 0 Å². The first-order valence-electron chi connectivity index (χ1n) is 7.52. The Labute approximate surface area is 121 Å². The molecule has 2 nitrogen and oxygen atoms in total. The molecular formula is C18H24N2. The number of hydrogen-bond acceptors (Lipinski definition) is 2. The van der Waals surface area contributed by atoms with Crippen molar-refractivity contribution in [3.63, 3.8) is 0 Å². The number of benzene rings is 1. The summed E-state index contributed by atoms with van der Waals surface area (Å²) in [6.07, 6.45) is 7.24. The second kappa shape index (κ2) is 4.56. The quantitative estimate of drug-likeness (QED) is 0.840. The SMILES string of the molecule is CC1CC(C)(C)CC(N)(c2cncc3ccccc23)C1. The van der Waals surface area contributed by atoms with Gasteiger partial charge in [0.25, 0.3) is 0 Å². The predicted molar refractivity (Wildman–Crippen MR) is 84.4 cm³/mol. The lowest BCUT2D eigenvalue weighted by atomic mass is 9.62. The van der Waals surface area contributed by atoms with E-state index in [1.807, 2.05) is 12.4 Å². The van der Waals surface area contributed by atoms with Crippen molar-refractivity contribution in [2.45, 2.75) is 45.6 Å². The van der Waals surface area contributed by atoms with Gasteiger partial charge < -0.3 is 5.73 Å². The zero-order chi connectivity index (χ0) is 14.4. The smallest absolute Gasteiger partial charge is 0.0438 e. The van der Waals surface area contributed by atoms with Crippen LogP contribution in [0.25, 0.3) is 10.8 Å². The normalized spacial score (nSPS) is 29.5. The van der Waals surface area contributed by atoms with Gasteiger partial charge in [0.15, 0.2) is 0 Å². The van der Waals surface area contributed by atoms with Gasteiger partial charge >= 0.3 is 0 Å². The van der Waals surface area contributed by atoms with Gasteiger partial charge in [-0.25, -0.2) is 0 Å². The third-order valence-electron chi connectivity index (χ3n) is 4.61. The van der Waals surface area contributed by atoms with Gasteiger partial charge in [0.1, 0.15) is 0 Å². The Morgan fingerprint density at radius 2 is 1.90 bits per heavy atom. The van der Waals surface area contributed by atoms with Gasteiger partial charge in [-0.1, -0.05) is 45.0 Å². The third kappa shape index (κ3) is 2.33. The van der Waals surface area contributed by atoms with Crippen LogP contribution in [0, 0.1) is 11.3 Å². The van der Waals surface area contributed by atoms with Crippen LogP contribution in [0.3, 0.4) is 0 Å². The summed E-state index contributed by atoms with van der Waals surface area (Å²) in [5.74, 6) is 0.655. The molecule has 2 unspecified atom stereocenters. The molecule has 20 heavy (non-hydrogen) atoms. The lowest BCUT2D eigenvalue weighted by molar-refractivity contribution is 0.108. The molecule has 1 aromatic carbocycles. The number of aromatic nitrogens is 1. The van der Waals surface area contributed by atoms with Crippen molar-refractivity contribution in [1.82, 2.24) is 4.98 Å². The Morgan fingerprint density at radius 1 is 1.15 bits per heavy atom. The Kier molecular flexibility index (Phi) is 3.09. The van der Waals surface area contributed by atoms with Crippen LogP contribution < -0.4 is 5.73 Å². The highest BCUT2D eigenvalue weighted by Crippen LogP contribution is 2.48. The van der Waals surface area contributed by atoms with Crippen molar-refractivity contribution in [3.8, 4) is 0 Å². The average Bonchev–Trinajstić information content (AvgIpc) is 2.35. The minimum Gasteiger partial charge on any atom is -0.321 e. The van der Waals surface area contributed by atoms with E-state index >= 15 is 0 Å². The number of rotatable bonds is 1. The maximum Gasteiger partial charge on any atom is 0.0438 e. The monoisotopic (exact) mass is 268 g/mol. The predicted octanol–water partition coefficient (Wildman–Crippen LogP) is 4.24. The van der Waals surface area contributed by atoms with E-state index in [-0.39, 0.29) is 5.54 Å². The summed E-state index contributed by atoms with van der Waals surface area (Å²) >= 11 is 0. The average molecular weight is 268 g/mol. The maximum atomic E-state index is 6.87. The summed E-state index contributed by atoms with van der Waals surface area (Å²) < 4.78 is 0. The van der Waals surface area contributed by atoms with E-state index in [2.05, 4.69) is 50.0 Å². The summed E-state index contributed by atoms with van der Waals surface area (Å²) in [7, 11) is 0. The standard InChI is InChI=1S/C18H24N2/c1-13-8-17(2,3)12-18(19,9-13)16-11-20-10-14-6-4-5-7-15(14)16/h4-7,10-11,13H,8-9,12,19H2,1-3H3. The molecule has 1 aliphatic rings. The molecular weight excluding hydrogens is 244 g/mol. The van der Waals surface area contributed by atoms with Crippen LogP contribution in [-0.4, -0.2) is 4.98 Å². The molecule has 2 N–H and O–H groups in total. The van der Waals surface area contributed by atoms with Crippen molar-refractivity contribution >= 4 is 10.8 Å². The van der Waals surface area contributed by atoms with E-state index in [4.69, 9.17) is 5.73 Å². The fraction of sp³-hybridized carbons (Fsp3) is 0.500. The first-order chi connectivity index (χ1) is 9.40. The molecule has 0 aliphatic heterocycles. The summed E-state index contributed by atoms with van der Waals surface area (Å²) in [6, 6.07) is 8.44. The van der Waals surface area contributed by atoms with Gasteiger partial charge in [0, 0.05) is 23.3 Å². The van der Waals surface area contributed by atoms with Crippen molar-refractivity contribution in [3.05, 3.63) is 42.2 Å². The second-order valence-electron chi connectivity index (χ2n) is 7.42. The Hall–Kier alpha value is -1.41. The van der Waals surface area contributed by atoms with E-state index in [1.54, 1.807) is 0 Å². The van der Waals surface area contributed by atoms with E-state index in [0.29, 0.717) is 11.3 Å². The topological polar surface area (TPSA) is 38.9 Å². The molecule has 106 valence electrons. The van der Waals surface area contributed by atoms with Crippen LogP contribution in [0.1, 0.15) is 45.6 Å². The molecule has 1 fully saturated rings. The molecule has 1 aromatic heterocycles. The first-order valence-corrected chi connectivity index (χ1v) is 7.52. The molecule has 2 atom stereocenters. The highest BCUT2D eigenvalue weighted by atomic mass is 14.8. The molecule has 2 heteroatoms. The number of fused-ring (bicyclic) bond motifs is 1. The molecule has 2 aromatic rings. The lowest BCUT2D eigenvalue weighted by Gasteiger charge is -2.46. The first kappa shape index (κ1) is 13.6. The molecule has 1 heterocycles. The van der Waals surface area contributed by atoms with Gasteiger partial charge in [0.05, 0.1) is 0 Å². The van der Waals surface area contributed by atoms with Crippen LogP contribution in [0.5, 0.6) is 0 Å².